The number of amides is 2. The van der Waals surface area contributed by atoms with Crippen LogP contribution in [0.15, 0.2) is 119 Å². The Bertz CT molecular complexity index is 1680. The molecular weight excluding hydrogens is 542 g/mol. The van der Waals surface area contributed by atoms with Crippen LogP contribution >= 0.6 is 23.1 Å². The summed E-state index contributed by atoms with van der Waals surface area (Å²) in [6.45, 7) is 0. The van der Waals surface area contributed by atoms with Crippen LogP contribution in [0.5, 0.6) is 0 Å². The molecule has 40 heavy (non-hydrogen) atoms. The van der Waals surface area contributed by atoms with Crippen molar-refractivity contribution in [1.82, 2.24) is 0 Å². The molecule has 0 aliphatic heterocycles. The molecule has 0 radical (unpaired) electrons. The van der Waals surface area contributed by atoms with Crippen LogP contribution in [-0.2, 0) is 4.79 Å². The standard InChI is InChI=1S/C32H22FN3O2S2/c33-24-16-14-23(15-17-24)30(37)35-25-12-7-13-26(18-25)40-29(22-10-5-2-6-11-22)31(38)36-32-27(19-34)28(20-39-32)21-8-3-1-4-9-21/h1-18,20,29H,(H,35,37)(H,36,38). The van der Waals surface area contributed by atoms with Crippen molar-refractivity contribution in [3.63, 3.8) is 0 Å². The van der Waals surface area contributed by atoms with Crippen molar-refractivity contribution >= 4 is 45.6 Å². The van der Waals surface area contributed by atoms with Crippen LogP contribution in [0, 0.1) is 17.1 Å². The summed E-state index contributed by atoms with van der Waals surface area (Å²) in [4.78, 5) is 27.1. The van der Waals surface area contributed by atoms with Crippen molar-refractivity contribution in [3.05, 3.63) is 137 Å². The lowest BCUT2D eigenvalue weighted by Crippen LogP contribution is -2.19. The van der Waals surface area contributed by atoms with Gasteiger partial charge in [-0.3, -0.25) is 9.59 Å². The van der Waals surface area contributed by atoms with Crippen molar-refractivity contribution < 1.29 is 14.0 Å². The maximum atomic E-state index is 13.7. The molecule has 0 fully saturated rings. The van der Waals surface area contributed by atoms with Gasteiger partial charge in [0.2, 0.25) is 5.91 Å². The van der Waals surface area contributed by atoms with Gasteiger partial charge in [-0.2, -0.15) is 5.26 Å². The molecule has 8 heteroatoms. The average molecular weight is 564 g/mol. The lowest BCUT2D eigenvalue weighted by Gasteiger charge is -2.17. The van der Waals surface area contributed by atoms with Gasteiger partial charge >= 0.3 is 0 Å². The lowest BCUT2D eigenvalue weighted by molar-refractivity contribution is -0.115. The number of hydrogen-bond acceptors (Lipinski definition) is 5. The molecule has 0 bridgehead atoms. The minimum absolute atomic E-state index is 0.269. The van der Waals surface area contributed by atoms with E-state index in [1.165, 1.54) is 47.4 Å². The number of nitriles is 1. The molecule has 5 rings (SSSR count). The van der Waals surface area contributed by atoms with Gasteiger partial charge in [-0.1, -0.05) is 66.7 Å². The molecule has 1 unspecified atom stereocenters. The zero-order valence-corrected chi connectivity index (χ0v) is 22.6. The van der Waals surface area contributed by atoms with Gasteiger partial charge in [-0.25, -0.2) is 4.39 Å². The summed E-state index contributed by atoms with van der Waals surface area (Å²) in [7, 11) is 0. The number of carbonyl (C=O) groups is 2. The van der Waals surface area contributed by atoms with Crippen LogP contribution in [0.2, 0.25) is 0 Å². The number of thioether (sulfide) groups is 1. The van der Waals surface area contributed by atoms with Gasteiger partial charge in [0.1, 0.15) is 22.1 Å². The Hall–Kier alpha value is -4.71. The van der Waals surface area contributed by atoms with Crippen molar-refractivity contribution in [1.29, 1.82) is 5.26 Å². The number of anilines is 2. The Morgan fingerprint density at radius 2 is 1.55 bits per heavy atom. The summed E-state index contributed by atoms with van der Waals surface area (Å²) in [5, 5.41) is 17.4. The lowest BCUT2D eigenvalue weighted by atomic mass is 10.1. The van der Waals surface area contributed by atoms with Crippen LogP contribution in [0.1, 0.15) is 26.7 Å². The van der Waals surface area contributed by atoms with Crippen LogP contribution in [0.3, 0.4) is 0 Å². The molecule has 196 valence electrons. The van der Waals surface area contributed by atoms with Crippen LogP contribution < -0.4 is 10.6 Å². The fourth-order valence-corrected chi connectivity index (χ4v) is 6.06. The molecule has 1 heterocycles. The summed E-state index contributed by atoms with van der Waals surface area (Å²) < 4.78 is 13.2. The first-order valence-electron chi connectivity index (χ1n) is 12.3. The number of hydrogen-bond donors (Lipinski definition) is 2. The second kappa shape index (κ2) is 12.4. The quantitative estimate of drug-likeness (QED) is 0.187. The largest absolute Gasteiger partial charge is 0.322 e. The second-order valence-corrected chi connectivity index (χ2v) is 10.8. The molecular formula is C32H22FN3O2S2. The topological polar surface area (TPSA) is 82.0 Å². The molecule has 2 amide bonds. The molecule has 0 aliphatic rings. The van der Waals surface area contributed by atoms with Gasteiger partial charge < -0.3 is 10.6 Å². The fraction of sp³-hybridized carbons (Fsp3) is 0.0312. The maximum Gasteiger partial charge on any atom is 0.255 e. The molecule has 1 atom stereocenters. The van der Waals surface area contributed by atoms with Gasteiger partial charge in [-0.05, 0) is 53.6 Å². The van der Waals surface area contributed by atoms with E-state index in [0.717, 1.165) is 21.6 Å². The number of thiophene rings is 1. The van der Waals surface area contributed by atoms with E-state index in [2.05, 4.69) is 16.7 Å². The zero-order valence-electron chi connectivity index (χ0n) is 21.0. The van der Waals surface area contributed by atoms with Crippen molar-refractivity contribution in [2.24, 2.45) is 0 Å². The highest BCUT2D eigenvalue weighted by molar-refractivity contribution is 8.00. The number of halogens is 1. The van der Waals surface area contributed by atoms with E-state index in [1.807, 2.05) is 72.1 Å². The van der Waals surface area contributed by atoms with Crippen molar-refractivity contribution in [3.8, 4) is 17.2 Å². The van der Waals surface area contributed by atoms with Crippen LogP contribution in [-0.4, -0.2) is 11.8 Å². The molecule has 0 aliphatic carbocycles. The van der Waals surface area contributed by atoms with E-state index in [0.29, 0.717) is 21.8 Å². The minimum atomic E-state index is -0.627. The number of rotatable bonds is 8. The first kappa shape index (κ1) is 26.9. The molecule has 2 N–H and O–H groups in total. The van der Waals surface area contributed by atoms with Gasteiger partial charge in [0.25, 0.3) is 5.91 Å². The predicted molar refractivity (Wildman–Crippen MR) is 159 cm³/mol. The third kappa shape index (κ3) is 6.29. The summed E-state index contributed by atoms with van der Waals surface area (Å²) in [6, 6.07) is 33.7. The van der Waals surface area contributed by atoms with E-state index in [9.17, 15) is 19.2 Å². The normalized spacial score (nSPS) is 11.3. The Morgan fingerprint density at radius 1 is 0.850 bits per heavy atom. The number of nitrogens with one attached hydrogen (secondary N) is 2. The highest BCUT2D eigenvalue weighted by Crippen LogP contribution is 2.40. The van der Waals surface area contributed by atoms with E-state index in [-0.39, 0.29) is 11.8 Å². The third-order valence-electron chi connectivity index (χ3n) is 6.02. The summed E-state index contributed by atoms with van der Waals surface area (Å²) in [5.74, 6) is -1.05. The second-order valence-electron chi connectivity index (χ2n) is 8.72. The van der Waals surface area contributed by atoms with Crippen molar-refractivity contribution in [2.75, 3.05) is 10.6 Å². The average Bonchev–Trinajstić information content (AvgIpc) is 3.39. The molecule has 5 aromatic rings. The number of benzene rings is 4. The molecule has 0 saturated heterocycles. The van der Waals surface area contributed by atoms with E-state index in [1.54, 1.807) is 18.2 Å². The highest BCUT2D eigenvalue weighted by atomic mass is 32.2. The Morgan fingerprint density at radius 3 is 2.25 bits per heavy atom. The van der Waals surface area contributed by atoms with Crippen molar-refractivity contribution in [2.45, 2.75) is 10.1 Å². The fourth-order valence-electron chi connectivity index (χ4n) is 4.06. The number of nitrogens with zero attached hydrogens (tertiary/aromatic N) is 1. The zero-order chi connectivity index (χ0) is 27.9. The monoisotopic (exact) mass is 563 g/mol. The Balaban J connectivity index is 1.38. The van der Waals surface area contributed by atoms with Gasteiger partial charge in [0.15, 0.2) is 0 Å². The molecule has 4 aromatic carbocycles. The van der Waals surface area contributed by atoms with Gasteiger partial charge in [0, 0.05) is 27.1 Å². The molecule has 5 nitrogen and oxygen atoms in total. The van der Waals surface area contributed by atoms with E-state index < -0.39 is 11.1 Å². The molecule has 0 saturated carbocycles. The number of carbonyl (C=O) groups excluding carboxylic acids is 2. The van der Waals surface area contributed by atoms with Gasteiger partial charge in [-0.15, -0.1) is 23.1 Å². The molecule has 1 aromatic heterocycles. The summed E-state index contributed by atoms with van der Waals surface area (Å²) in [5.41, 5.74) is 3.78. The smallest absolute Gasteiger partial charge is 0.255 e. The summed E-state index contributed by atoms with van der Waals surface area (Å²) >= 11 is 2.65. The highest BCUT2D eigenvalue weighted by Gasteiger charge is 2.25. The van der Waals surface area contributed by atoms with Crippen LogP contribution in [0.4, 0.5) is 15.1 Å². The maximum absolute atomic E-state index is 13.7. The van der Waals surface area contributed by atoms with Gasteiger partial charge in [0.05, 0.1) is 5.56 Å². The van der Waals surface area contributed by atoms with E-state index in [4.69, 9.17) is 0 Å². The molecule has 0 spiro atoms. The Kier molecular flexibility index (Phi) is 8.35. The first-order valence-corrected chi connectivity index (χ1v) is 14.0. The predicted octanol–water partition coefficient (Wildman–Crippen LogP) is 8.15. The van der Waals surface area contributed by atoms with E-state index >= 15 is 0 Å². The summed E-state index contributed by atoms with van der Waals surface area (Å²) in [6.07, 6.45) is 0. The van der Waals surface area contributed by atoms with Crippen LogP contribution in [0.25, 0.3) is 11.1 Å². The first-order chi connectivity index (χ1) is 19.5. The Labute approximate surface area is 239 Å². The SMILES string of the molecule is N#Cc1c(-c2ccccc2)csc1NC(=O)C(Sc1cccc(NC(=O)c2ccc(F)cc2)c1)c1ccccc1. The minimum Gasteiger partial charge on any atom is -0.322 e. The third-order valence-corrected chi connectivity index (χ3v) is 8.16.